The summed E-state index contributed by atoms with van der Waals surface area (Å²) < 4.78 is 23.8. The van der Waals surface area contributed by atoms with Crippen LogP contribution >= 0.6 is 0 Å². The number of aromatic nitrogens is 1. The Morgan fingerprint density at radius 3 is 2.68 bits per heavy atom. The summed E-state index contributed by atoms with van der Waals surface area (Å²) in [6.07, 6.45) is 0. The SMILES string of the molecule is O=C(OCc1cc(-c2ccccc2F)on1)c1ccccc1[N+](=O)[O-]. The molecule has 0 N–H and O–H groups in total. The van der Waals surface area contributed by atoms with Gasteiger partial charge in [-0.3, -0.25) is 10.1 Å². The Morgan fingerprint density at radius 2 is 1.92 bits per heavy atom. The van der Waals surface area contributed by atoms with Crippen LogP contribution in [0, 0.1) is 15.9 Å². The molecule has 0 saturated carbocycles. The number of hydrogen-bond donors (Lipinski definition) is 0. The summed E-state index contributed by atoms with van der Waals surface area (Å²) >= 11 is 0. The number of nitro benzene ring substituents is 1. The van der Waals surface area contributed by atoms with Crippen molar-refractivity contribution in [2.24, 2.45) is 0 Å². The summed E-state index contributed by atoms with van der Waals surface area (Å²) in [6.45, 7) is -0.261. The van der Waals surface area contributed by atoms with E-state index in [4.69, 9.17) is 9.26 Å². The maximum absolute atomic E-state index is 13.7. The van der Waals surface area contributed by atoms with Crippen molar-refractivity contribution in [1.29, 1.82) is 0 Å². The second kappa shape index (κ2) is 6.91. The largest absolute Gasteiger partial charge is 0.455 e. The molecule has 3 aromatic rings. The van der Waals surface area contributed by atoms with Gasteiger partial charge in [-0.1, -0.05) is 29.4 Å². The Labute approximate surface area is 140 Å². The third-order valence-corrected chi connectivity index (χ3v) is 3.37. The van der Waals surface area contributed by atoms with Gasteiger partial charge in [-0.05, 0) is 18.2 Å². The number of rotatable bonds is 5. The number of esters is 1. The highest BCUT2D eigenvalue weighted by atomic mass is 19.1. The van der Waals surface area contributed by atoms with Crippen LogP contribution in [0.1, 0.15) is 16.1 Å². The molecule has 0 spiro atoms. The van der Waals surface area contributed by atoms with Crippen LogP contribution in [0.3, 0.4) is 0 Å². The summed E-state index contributed by atoms with van der Waals surface area (Å²) in [4.78, 5) is 22.3. The number of benzene rings is 2. The van der Waals surface area contributed by atoms with Gasteiger partial charge in [0.15, 0.2) is 5.76 Å². The van der Waals surface area contributed by atoms with E-state index >= 15 is 0 Å². The standard InChI is InChI=1S/C17H11FN2O5/c18-14-7-3-1-5-12(14)16-9-11(19-25-16)10-24-17(21)13-6-2-4-8-15(13)20(22)23/h1-9H,10H2. The molecule has 2 aromatic carbocycles. The first-order valence-corrected chi connectivity index (χ1v) is 7.17. The highest BCUT2D eigenvalue weighted by molar-refractivity contribution is 5.93. The number of hydrogen-bond acceptors (Lipinski definition) is 6. The molecule has 0 aliphatic carbocycles. The zero-order chi connectivity index (χ0) is 17.8. The molecule has 1 heterocycles. The van der Waals surface area contributed by atoms with E-state index in [1.54, 1.807) is 12.1 Å². The predicted octanol–water partition coefficient (Wildman–Crippen LogP) is 3.75. The molecule has 0 aliphatic rings. The van der Waals surface area contributed by atoms with Crippen molar-refractivity contribution >= 4 is 11.7 Å². The molecule has 0 unspecified atom stereocenters. The normalized spacial score (nSPS) is 10.4. The first kappa shape index (κ1) is 16.3. The van der Waals surface area contributed by atoms with Crippen LogP contribution in [-0.2, 0) is 11.3 Å². The Kier molecular flexibility index (Phi) is 4.51. The van der Waals surface area contributed by atoms with Gasteiger partial charge in [0.1, 0.15) is 23.7 Å². The number of carbonyl (C=O) groups excluding carboxylic acids is 1. The molecule has 0 atom stereocenters. The van der Waals surface area contributed by atoms with E-state index in [1.165, 1.54) is 42.5 Å². The van der Waals surface area contributed by atoms with E-state index in [1.807, 2.05) is 0 Å². The van der Waals surface area contributed by atoms with E-state index in [2.05, 4.69) is 5.16 Å². The van der Waals surface area contributed by atoms with E-state index in [0.717, 1.165) is 0 Å². The number of para-hydroxylation sites is 1. The van der Waals surface area contributed by atoms with Crippen molar-refractivity contribution in [2.45, 2.75) is 6.61 Å². The van der Waals surface area contributed by atoms with Crippen LogP contribution in [0.15, 0.2) is 59.1 Å². The lowest BCUT2D eigenvalue weighted by molar-refractivity contribution is -0.385. The van der Waals surface area contributed by atoms with E-state index < -0.39 is 16.7 Å². The maximum Gasteiger partial charge on any atom is 0.345 e. The van der Waals surface area contributed by atoms with Gasteiger partial charge in [0.25, 0.3) is 5.69 Å². The molecule has 0 fully saturated rings. The minimum Gasteiger partial charge on any atom is -0.455 e. The Balaban J connectivity index is 1.72. The van der Waals surface area contributed by atoms with Gasteiger partial charge in [-0.25, -0.2) is 9.18 Å². The summed E-state index contributed by atoms with van der Waals surface area (Å²) in [6, 6.07) is 12.9. The second-order valence-corrected chi connectivity index (χ2v) is 5.01. The predicted molar refractivity (Wildman–Crippen MR) is 84.1 cm³/mol. The van der Waals surface area contributed by atoms with Gasteiger partial charge in [-0.15, -0.1) is 0 Å². The van der Waals surface area contributed by atoms with E-state index in [0.29, 0.717) is 0 Å². The number of nitro groups is 1. The second-order valence-electron chi connectivity index (χ2n) is 5.01. The van der Waals surface area contributed by atoms with Gasteiger partial charge >= 0.3 is 5.97 Å². The van der Waals surface area contributed by atoms with Crippen molar-refractivity contribution in [2.75, 3.05) is 0 Å². The maximum atomic E-state index is 13.7. The van der Waals surface area contributed by atoms with Crippen molar-refractivity contribution in [1.82, 2.24) is 5.16 Å². The van der Waals surface area contributed by atoms with Gasteiger partial charge < -0.3 is 9.26 Å². The lowest BCUT2D eigenvalue weighted by Gasteiger charge is -2.03. The highest BCUT2D eigenvalue weighted by Gasteiger charge is 2.21. The molecular weight excluding hydrogens is 331 g/mol. The lowest BCUT2D eigenvalue weighted by atomic mass is 10.1. The summed E-state index contributed by atoms with van der Waals surface area (Å²) in [5.41, 5.74) is -0.0264. The fraction of sp³-hybridized carbons (Fsp3) is 0.0588. The Hall–Kier alpha value is -3.55. The fourth-order valence-corrected chi connectivity index (χ4v) is 2.19. The van der Waals surface area contributed by atoms with Crippen LogP contribution in [0.25, 0.3) is 11.3 Å². The first-order valence-electron chi connectivity index (χ1n) is 7.17. The Morgan fingerprint density at radius 1 is 1.20 bits per heavy atom. The van der Waals surface area contributed by atoms with Crippen LogP contribution in [0.4, 0.5) is 10.1 Å². The molecule has 7 nitrogen and oxygen atoms in total. The minimum absolute atomic E-state index is 0.162. The fourth-order valence-electron chi connectivity index (χ4n) is 2.19. The van der Waals surface area contributed by atoms with Gasteiger partial charge in [0, 0.05) is 12.1 Å². The van der Waals surface area contributed by atoms with Crippen molar-refractivity contribution < 1.29 is 23.4 Å². The van der Waals surface area contributed by atoms with Gasteiger partial charge in [0.05, 0.1) is 10.5 Å². The van der Waals surface area contributed by atoms with Crippen molar-refractivity contribution in [3.63, 3.8) is 0 Å². The number of halogens is 1. The molecule has 0 aliphatic heterocycles. The quantitative estimate of drug-likeness (QED) is 0.398. The summed E-state index contributed by atoms with van der Waals surface area (Å²) in [5, 5.41) is 14.6. The average molecular weight is 342 g/mol. The number of carbonyl (C=O) groups is 1. The lowest BCUT2D eigenvalue weighted by Crippen LogP contribution is -2.08. The third-order valence-electron chi connectivity index (χ3n) is 3.37. The van der Waals surface area contributed by atoms with Crippen molar-refractivity contribution in [3.8, 4) is 11.3 Å². The van der Waals surface area contributed by atoms with Gasteiger partial charge in [-0.2, -0.15) is 0 Å². The molecule has 1 aromatic heterocycles. The molecule has 3 rings (SSSR count). The smallest absolute Gasteiger partial charge is 0.345 e. The van der Waals surface area contributed by atoms with Crippen LogP contribution < -0.4 is 0 Å². The van der Waals surface area contributed by atoms with Crippen LogP contribution in [-0.4, -0.2) is 16.0 Å². The number of ether oxygens (including phenoxy) is 1. The topological polar surface area (TPSA) is 95.5 Å². The zero-order valence-electron chi connectivity index (χ0n) is 12.7. The molecule has 126 valence electrons. The van der Waals surface area contributed by atoms with Crippen LogP contribution in [0.2, 0.25) is 0 Å². The Bertz CT molecular complexity index is 938. The third kappa shape index (κ3) is 3.52. The van der Waals surface area contributed by atoms with Crippen molar-refractivity contribution in [3.05, 3.63) is 81.8 Å². The van der Waals surface area contributed by atoms with Crippen LogP contribution in [0.5, 0.6) is 0 Å². The minimum atomic E-state index is -0.859. The molecule has 0 radical (unpaired) electrons. The molecule has 0 bridgehead atoms. The summed E-state index contributed by atoms with van der Waals surface area (Å²) in [7, 11) is 0. The average Bonchev–Trinajstić information content (AvgIpc) is 3.08. The highest BCUT2D eigenvalue weighted by Crippen LogP contribution is 2.24. The monoisotopic (exact) mass is 342 g/mol. The molecular formula is C17H11FN2O5. The van der Waals surface area contributed by atoms with E-state index in [9.17, 15) is 19.3 Å². The molecule has 25 heavy (non-hydrogen) atoms. The molecule has 0 amide bonds. The molecule has 8 heteroatoms. The molecule has 0 saturated heterocycles. The van der Waals surface area contributed by atoms with Gasteiger partial charge in [0.2, 0.25) is 0 Å². The number of nitrogens with zero attached hydrogens (tertiary/aromatic N) is 2. The first-order chi connectivity index (χ1) is 12.1. The summed E-state index contributed by atoms with van der Waals surface area (Å²) in [5.74, 6) is -1.14. The zero-order valence-corrected chi connectivity index (χ0v) is 12.7. The van der Waals surface area contributed by atoms with E-state index in [-0.39, 0.29) is 34.9 Å².